The summed E-state index contributed by atoms with van der Waals surface area (Å²) in [4.78, 5) is 53.5. The van der Waals surface area contributed by atoms with Crippen LogP contribution in [0.2, 0.25) is 0 Å². The van der Waals surface area contributed by atoms with Gasteiger partial charge in [-0.25, -0.2) is 0 Å². The molecule has 1 saturated heterocycles. The largest absolute Gasteiger partial charge is 0.480 e. The summed E-state index contributed by atoms with van der Waals surface area (Å²) in [6, 6.07) is 0.0810. The molecular weight excluding hydrogens is 432 g/mol. The molecule has 1 rings (SSSR count). The molecule has 1 fully saturated rings. The number of nitrogens with zero attached hydrogens (tertiary/aromatic N) is 4. The second-order valence-electron chi connectivity index (χ2n) is 9.05. The quantitative estimate of drug-likeness (QED) is 0.370. The number of hydrogen-bond acceptors (Lipinski definition) is 8. The van der Waals surface area contributed by atoms with Crippen LogP contribution in [0.15, 0.2) is 0 Å². The van der Waals surface area contributed by atoms with Crippen LogP contribution in [0.25, 0.3) is 0 Å². The number of carbonyl (C=O) groups is 4. The maximum Gasteiger partial charge on any atom is 0.317 e. The van der Waals surface area contributed by atoms with Crippen LogP contribution in [0, 0.1) is 5.92 Å². The monoisotopic (exact) mass is 472 g/mol. The lowest BCUT2D eigenvalue weighted by molar-refractivity contribution is -0.140. The lowest BCUT2D eigenvalue weighted by Crippen LogP contribution is -2.50. The predicted molar refractivity (Wildman–Crippen MR) is 122 cm³/mol. The number of rotatable bonds is 11. The van der Waals surface area contributed by atoms with Crippen molar-refractivity contribution in [3.63, 3.8) is 0 Å². The van der Waals surface area contributed by atoms with Gasteiger partial charge in [-0.15, -0.1) is 0 Å². The van der Waals surface area contributed by atoms with E-state index in [2.05, 4.69) is 4.90 Å². The molecule has 1 aliphatic rings. The number of ketones is 1. The normalized spacial score (nSPS) is 19.5. The van der Waals surface area contributed by atoms with Crippen LogP contribution in [0.1, 0.15) is 33.6 Å². The molecule has 0 amide bonds. The molecule has 11 nitrogen and oxygen atoms in total. The summed E-state index contributed by atoms with van der Waals surface area (Å²) in [7, 11) is 0. The van der Waals surface area contributed by atoms with Crippen LogP contribution in [0.5, 0.6) is 0 Å². The zero-order chi connectivity index (χ0) is 25.0. The highest BCUT2D eigenvalue weighted by Gasteiger charge is 2.22. The van der Waals surface area contributed by atoms with Crippen molar-refractivity contribution in [2.45, 2.75) is 39.7 Å². The second-order valence-corrected chi connectivity index (χ2v) is 9.05. The van der Waals surface area contributed by atoms with Gasteiger partial charge in [-0.3, -0.25) is 38.8 Å². The molecule has 33 heavy (non-hydrogen) atoms. The molecule has 0 aromatic heterocycles. The van der Waals surface area contributed by atoms with Gasteiger partial charge in [0.1, 0.15) is 5.78 Å². The third kappa shape index (κ3) is 12.7. The first-order chi connectivity index (χ1) is 15.5. The van der Waals surface area contributed by atoms with Crippen molar-refractivity contribution in [2.24, 2.45) is 5.92 Å². The zero-order valence-corrected chi connectivity index (χ0v) is 20.1. The molecule has 0 aliphatic carbocycles. The van der Waals surface area contributed by atoms with Crippen LogP contribution in [-0.4, -0.2) is 137 Å². The Bertz CT molecular complexity index is 627. The van der Waals surface area contributed by atoms with E-state index in [1.165, 1.54) is 0 Å². The summed E-state index contributed by atoms with van der Waals surface area (Å²) in [6.45, 7) is 8.98. The van der Waals surface area contributed by atoms with E-state index in [0.717, 1.165) is 0 Å². The van der Waals surface area contributed by atoms with Crippen LogP contribution >= 0.6 is 0 Å². The molecule has 0 radical (unpaired) electrons. The molecule has 0 aromatic rings. The molecule has 1 aliphatic heterocycles. The van der Waals surface area contributed by atoms with Gasteiger partial charge >= 0.3 is 17.9 Å². The van der Waals surface area contributed by atoms with Crippen molar-refractivity contribution in [1.29, 1.82) is 0 Å². The lowest BCUT2D eigenvalue weighted by atomic mass is 10.0. The first-order valence-electron chi connectivity index (χ1n) is 11.6. The fourth-order valence-corrected chi connectivity index (χ4v) is 3.86. The number of aliphatic carboxylic acids is 3. The van der Waals surface area contributed by atoms with Crippen LogP contribution in [-0.2, 0) is 19.2 Å². The van der Waals surface area contributed by atoms with Gasteiger partial charge in [0.05, 0.1) is 19.6 Å². The van der Waals surface area contributed by atoms with Crippen molar-refractivity contribution < 1.29 is 34.5 Å². The van der Waals surface area contributed by atoms with Crippen molar-refractivity contribution in [1.82, 2.24) is 19.6 Å². The molecule has 3 N–H and O–H groups in total. The van der Waals surface area contributed by atoms with Gasteiger partial charge < -0.3 is 15.3 Å². The molecule has 0 saturated carbocycles. The van der Waals surface area contributed by atoms with Crippen molar-refractivity contribution in [3.05, 3.63) is 0 Å². The molecule has 190 valence electrons. The highest BCUT2D eigenvalue weighted by molar-refractivity contribution is 5.80. The minimum atomic E-state index is -0.979. The van der Waals surface area contributed by atoms with Gasteiger partial charge in [-0.2, -0.15) is 0 Å². The Morgan fingerprint density at radius 2 is 0.970 bits per heavy atom. The molecule has 11 heteroatoms. The van der Waals surface area contributed by atoms with Gasteiger partial charge in [0.2, 0.25) is 0 Å². The average molecular weight is 473 g/mol. The minimum Gasteiger partial charge on any atom is -0.480 e. The number of Topliss-reactive ketones (excluding diaryl/α,β-unsaturated/α-hetero) is 1. The maximum absolute atomic E-state index is 12.1. The average Bonchev–Trinajstić information content (AvgIpc) is 2.70. The van der Waals surface area contributed by atoms with Crippen molar-refractivity contribution >= 4 is 23.7 Å². The number of carboxylic acid groups (broad SMARTS) is 3. The molecule has 0 spiro atoms. The van der Waals surface area contributed by atoms with E-state index in [4.69, 9.17) is 0 Å². The summed E-state index contributed by atoms with van der Waals surface area (Å²) in [5.74, 6) is -2.68. The van der Waals surface area contributed by atoms with Gasteiger partial charge in [0.15, 0.2) is 0 Å². The highest BCUT2D eigenvalue weighted by atomic mass is 16.4. The van der Waals surface area contributed by atoms with E-state index in [9.17, 15) is 34.5 Å². The SMILES string of the molecule is CC(C)C(=O)CCC(C)N1CCN(CC(=O)O)CCN(CC(=O)O)CCN(CC(=O)O)CC1. The Kier molecular flexibility index (Phi) is 13.1. The van der Waals surface area contributed by atoms with Gasteiger partial charge in [-0.1, -0.05) is 13.8 Å². The number of carboxylic acids is 3. The Morgan fingerprint density at radius 1 is 0.636 bits per heavy atom. The third-order valence-electron chi connectivity index (χ3n) is 6.02. The zero-order valence-electron chi connectivity index (χ0n) is 20.1. The molecular formula is C22H40N4O7. The first-order valence-corrected chi connectivity index (χ1v) is 11.6. The van der Waals surface area contributed by atoms with E-state index in [-0.39, 0.29) is 37.4 Å². The summed E-state index contributed by atoms with van der Waals surface area (Å²) >= 11 is 0. The lowest BCUT2D eigenvalue weighted by Gasteiger charge is -2.35. The van der Waals surface area contributed by atoms with E-state index >= 15 is 0 Å². The van der Waals surface area contributed by atoms with E-state index in [1.54, 1.807) is 14.7 Å². The number of carbonyl (C=O) groups excluding carboxylic acids is 1. The fourth-order valence-electron chi connectivity index (χ4n) is 3.86. The van der Waals surface area contributed by atoms with Crippen LogP contribution < -0.4 is 0 Å². The van der Waals surface area contributed by atoms with E-state index in [1.807, 2.05) is 20.8 Å². The fraction of sp³-hybridized carbons (Fsp3) is 0.818. The van der Waals surface area contributed by atoms with E-state index in [0.29, 0.717) is 65.2 Å². The second kappa shape index (κ2) is 14.9. The van der Waals surface area contributed by atoms with E-state index < -0.39 is 17.9 Å². The van der Waals surface area contributed by atoms with Gasteiger partial charge in [0, 0.05) is 70.7 Å². The molecule has 1 unspecified atom stereocenters. The van der Waals surface area contributed by atoms with Crippen LogP contribution in [0.3, 0.4) is 0 Å². The van der Waals surface area contributed by atoms with Crippen molar-refractivity contribution in [3.8, 4) is 0 Å². The van der Waals surface area contributed by atoms with Crippen LogP contribution in [0.4, 0.5) is 0 Å². The molecule has 0 aromatic carbocycles. The Hall–Kier alpha value is -2.08. The predicted octanol–water partition coefficient (Wildman–Crippen LogP) is -0.144. The van der Waals surface area contributed by atoms with Gasteiger partial charge in [-0.05, 0) is 13.3 Å². The summed E-state index contributed by atoms with van der Waals surface area (Å²) in [5, 5.41) is 27.8. The summed E-state index contributed by atoms with van der Waals surface area (Å²) in [6.07, 6.45) is 1.15. The summed E-state index contributed by atoms with van der Waals surface area (Å²) in [5.41, 5.74) is 0. The van der Waals surface area contributed by atoms with Gasteiger partial charge in [0.25, 0.3) is 0 Å². The van der Waals surface area contributed by atoms with Crippen molar-refractivity contribution in [2.75, 3.05) is 72.0 Å². The Morgan fingerprint density at radius 3 is 1.27 bits per heavy atom. The highest BCUT2D eigenvalue weighted by Crippen LogP contribution is 2.11. The Labute approximate surface area is 195 Å². The minimum absolute atomic E-state index is 0.0191. The summed E-state index contributed by atoms with van der Waals surface area (Å²) < 4.78 is 0. The first kappa shape index (κ1) is 29.0. The molecule has 1 heterocycles. The standard InChI is InChI=1S/C22H40N4O7/c1-17(2)19(27)5-4-18(3)26-12-10-24(15-21(30)31)8-6-23(14-20(28)29)7-9-25(11-13-26)16-22(32)33/h17-18H,4-16H2,1-3H3,(H,28,29)(H,30,31)(H,32,33). The smallest absolute Gasteiger partial charge is 0.317 e. The molecule has 1 atom stereocenters. The Balaban J connectivity index is 2.96. The molecule has 0 bridgehead atoms. The third-order valence-corrected chi connectivity index (χ3v) is 6.02. The number of hydrogen-bond donors (Lipinski definition) is 3. The topological polar surface area (TPSA) is 142 Å². The maximum atomic E-state index is 12.1.